The minimum absolute atomic E-state index is 0. The van der Waals surface area contributed by atoms with Crippen molar-refractivity contribution in [3.8, 4) is 11.3 Å². The summed E-state index contributed by atoms with van der Waals surface area (Å²) >= 11 is 1.62. The Morgan fingerprint density at radius 3 is 2.36 bits per heavy atom. The van der Waals surface area contributed by atoms with E-state index in [9.17, 15) is 9.90 Å². The number of benzene rings is 2. The fourth-order valence-electron chi connectivity index (χ4n) is 5.23. The number of ketones is 1. The molecule has 1 N–H and O–H groups in total. The molecular formula is C34H41IrN4O2S-. The van der Waals surface area contributed by atoms with E-state index in [1.807, 2.05) is 44.4 Å². The number of nitrogens with zero attached hydrogens (tertiary/aromatic N) is 4. The number of allylic oxidation sites excluding steroid dienone is 2. The molecule has 0 aliphatic carbocycles. The number of thiazole rings is 1. The molecule has 8 heteroatoms. The van der Waals surface area contributed by atoms with Gasteiger partial charge in [-0.3, -0.25) is 14.2 Å². The van der Waals surface area contributed by atoms with Crippen molar-refractivity contribution in [1.82, 2.24) is 19.6 Å². The van der Waals surface area contributed by atoms with Gasteiger partial charge in [-0.05, 0) is 37.2 Å². The maximum absolute atomic E-state index is 11.7. The Morgan fingerprint density at radius 1 is 1.05 bits per heavy atom. The maximum Gasteiger partial charge on any atom is 0.216 e. The zero-order valence-electron chi connectivity index (χ0n) is 25.6. The average molecular weight is 762 g/mol. The normalized spacial score (nSPS) is 12.2. The molecule has 5 rings (SSSR count). The van der Waals surface area contributed by atoms with E-state index in [1.165, 1.54) is 17.0 Å². The molecule has 0 spiro atoms. The van der Waals surface area contributed by atoms with E-state index in [0.29, 0.717) is 0 Å². The topological polar surface area (TPSA) is 80.4 Å². The van der Waals surface area contributed by atoms with Crippen LogP contribution in [0.15, 0.2) is 60.8 Å². The maximum atomic E-state index is 11.7. The second-order valence-electron chi connectivity index (χ2n) is 11.5. The monoisotopic (exact) mass is 762 g/mol. The van der Waals surface area contributed by atoms with Gasteiger partial charge in [-0.2, -0.15) is 0 Å². The number of hydrogen-bond acceptors (Lipinski definition) is 6. The van der Waals surface area contributed by atoms with Gasteiger partial charge in [0.25, 0.3) is 0 Å². The predicted octanol–water partition coefficient (Wildman–Crippen LogP) is 9.12. The van der Waals surface area contributed by atoms with Crippen molar-refractivity contribution in [3.63, 3.8) is 0 Å². The first-order valence-electron chi connectivity index (χ1n) is 14.6. The second kappa shape index (κ2) is 14.5. The van der Waals surface area contributed by atoms with E-state index in [2.05, 4.69) is 67.4 Å². The van der Waals surface area contributed by atoms with Gasteiger partial charge < -0.3 is 5.11 Å². The molecule has 2 aromatic carbocycles. The van der Waals surface area contributed by atoms with Gasteiger partial charge in [-0.1, -0.05) is 77.6 Å². The zero-order chi connectivity index (χ0) is 29.7. The van der Waals surface area contributed by atoms with Crippen molar-refractivity contribution in [2.24, 2.45) is 11.8 Å². The molecule has 0 unspecified atom stereocenters. The summed E-state index contributed by atoms with van der Waals surface area (Å²) in [4.78, 5) is 17.3. The van der Waals surface area contributed by atoms with Crippen LogP contribution in [0, 0.1) is 17.9 Å². The van der Waals surface area contributed by atoms with Crippen LogP contribution in [0.3, 0.4) is 0 Å². The van der Waals surface area contributed by atoms with Crippen LogP contribution in [-0.4, -0.2) is 30.5 Å². The van der Waals surface area contributed by atoms with E-state index in [4.69, 9.17) is 4.98 Å². The molecule has 0 aliphatic heterocycles. The first-order valence-corrected chi connectivity index (χ1v) is 15.4. The molecule has 0 fully saturated rings. The minimum atomic E-state index is 0. The molecule has 0 saturated heterocycles. The number of pyridine rings is 1. The summed E-state index contributed by atoms with van der Waals surface area (Å²) in [6, 6.07) is 16.3. The Hall–Kier alpha value is -2.93. The first kappa shape index (κ1) is 33.6. The van der Waals surface area contributed by atoms with E-state index < -0.39 is 0 Å². The molecule has 6 nitrogen and oxygen atoms in total. The quantitative estimate of drug-likeness (QED) is 0.0970. The zero-order valence-corrected chi connectivity index (χ0v) is 28.8. The Morgan fingerprint density at radius 2 is 1.71 bits per heavy atom. The van der Waals surface area contributed by atoms with Crippen molar-refractivity contribution in [2.45, 2.75) is 79.6 Å². The summed E-state index contributed by atoms with van der Waals surface area (Å²) in [7, 11) is 0. The number of hydrogen-bond donors (Lipinski definition) is 1. The average Bonchev–Trinajstić information content (AvgIpc) is 3.55. The van der Waals surface area contributed by atoms with Crippen molar-refractivity contribution in [2.75, 3.05) is 0 Å². The minimum Gasteiger partial charge on any atom is -0.512 e. The van der Waals surface area contributed by atoms with Gasteiger partial charge in [0.05, 0.1) is 11.3 Å². The number of aromatic nitrogens is 4. The molecule has 0 amide bonds. The fourth-order valence-corrected chi connectivity index (χ4v) is 6.27. The van der Waals surface area contributed by atoms with Crippen LogP contribution < -0.4 is 0 Å². The van der Waals surface area contributed by atoms with E-state index in [0.717, 1.165) is 57.5 Å². The van der Waals surface area contributed by atoms with Crippen LogP contribution in [0.5, 0.6) is 0 Å². The van der Waals surface area contributed by atoms with Crippen LogP contribution in [0.2, 0.25) is 0 Å². The Labute approximate surface area is 266 Å². The summed E-state index contributed by atoms with van der Waals surface area (Å²) < 4.78 is 3.13. The van der Waals surface area contributed by atoms with Crippen LogP contribution in [0.1, 0.15) is 79.7 Å². The summed E-state index contributed by atoms with van der Waals surface area (Å²) in [6.45, 7) is 14.8. The van der Waals surface area contributed by atoms with Crippen LogP contribution in [0.25, 0.3) is 37.2 Å². The summed E-state index contributed by atoms with van der Waals surface area (Å²) in [6.07, 6.45) is 8.51. The van der Waals surface area contributed by atoms with E-state index in [1.54, 1.807) is 17.7 Å². The van der Waals surface area contributed by atoms with Crippen molar-refractivity contribution >= 4 is 43.1 Å². The van der Waals surface area contributed by atoms with Crippen LogP contribution in [0.4, 0.5) is 0 Å². The molecular weight excluding hydrogens is 721 g/mol. The SMILES string of the molecule is CC(C)(C)c1cc(-c2nccc3c2sc2nncn23)[c-]c2ccccc12.CCC(CC)C(=O)/C=C(\O)C(CC)CC.[Ir]. The molecule has 5 aromatic rings. The third-order valence-corrected chi connectivity index (χ3v) is 8.84. The van der Waals surface area contributed by atoms with Gasteiger partial charge in [-0.15, -0.1) is 50.7 Å². The van der Waals surface area contributed by atoms with Crippen molar-refractivity contribution in [3.05, 3.63) is 72.4 Å². The number of carbonyl (C=O) groups excluding carboxylic acids is 1. The molecule has 3 aromatic heterocycles. The molecule has 0 saturated carbocycles. The van der Waals surface area contributed by atoms with Gasteiger partial charge >= 0.3 is 0 Å². The number of rotatable bonds is 8. The summed E-state index contributed by atoms with van der Waals surface area (Å²) in [5, 5.41) is 20.3. The molecule has 42 heavy (non-hydrogen) atoms. The molecule has 0 atom stereocenters. The van der Waals surface area contributed by atoms with Gasteiger partial charge in [0.15, 0.2) is 5.78 Å². The summed E-state index contributed by atoms with van der Waals surface area (Å²) in [5.41, 5.74) is 4.40. The first-order chi connectivity index (χ1) is 19.6. The van der Waals surface area contributed by atoms with Crippen LogP contribution in [-0.2, 0) is 30.3 Å². The fraction of sp³-hybridized carbons (Fsp3) is 0.412. The third kappa shape index (κ3) is 7.16. The molecule has 0 bridgehead atoms. The van der Waals surface area contributed by atoms with Gasteiger partial charge in [-0.25, -0.2) is 0 Å². The van der Waals surface area contributed by atoms with Gasteiger partial charge in [0.1, 0.15) is 6.33 Å². The number of aliphatic hydroxyl groups is 1. The standard InChI is InChI=1S/C21H17N4S.C13H24O2.Ir/c1-21(2,3)16-11-14(10-13-6-4-5-7-15(13)16)18-19-17(8-9-22-18)25-12-23-24-20(25)26-19;1-5-10(6-2)12(14)9-13(15)11(7-3)8-4;/h4-9,11-12H,1-3H3;9-11,14H,5-8H2,1-4H3;/q-1;;/b;12-9-;. The number of fused-ring (bicyclic) bond motifs is 4. The largest absolute Gasteiger partial charge is 0.512 e. The van der Waals surface area contributed by atoms with E-state index in [-0.39, 0.29) is 48.9 Å². The Bertz CT molecular complexity index is 1670. The van der Waals surface area contributed by atoms with Gasteiger partial charge in [0.2, 0.25) is 4.96 Å². The van der Waals surface area contributed by atoms with Crippen molar-refractivity contribution < 1.29 is 30.0 Å². The Balaban J connectivity index is 0.000000263. The van der Waals surface area contributed by atoms with Crippen LogP contribution >= 0.6 is 11.3 Å². The molecule has 225 valence electrons. The smallest absolute Gasteiger partial charge is 0.216 e. The van der Waals surface area contributed by atoms with E-state index >= 15 is 0 Å². The third-order valence-electron chi connectivity index (χ3n) is 7.77. The molecule has 0 aliphatic rings. The number of aliphatic hydroxyl groups excluding tert-OH is 1. The number of carbonyl (C=O) groups is 1. The predicted molar refractivity (Wildman–Crippen MR) is 171 cm³/mol. The molecule has 1 radical (unpaired) electrons. The summed E-state index contributed by atoms with van der Waals surface area (Å²) in [5.74, 6) is 0.547. The Kier molecular flexibility index (Phi) is 11.6. The van der Waals surface area contributed by atoms with Gasteiger partial charge in [0, 0.05) is 54.6 Å². The molecule has 3 heterocycles. The van der Waals surface area contributed by atoms with Crippen molar-refractivity contribution in [1.29, 1.82) is 0 Å². The second-order valence-corrected chi connectivity index (χ2v) is 12.5.